The van der Waals surface area contributed by atoms with Crippen molar-refractivity contribution in [3.05, 3.63) is 217 Å². The maximum Gasteiger partial charge on any atom is 0.178 e. The molecule has 0 saturated heterocycles. The van der Waals surface area contributed by atoms with E-state index in [1.54, 1.807) is 0 Å². The Morgan fingerprint density at radius 2 is 0.645 bits per heavy atom. The van der Waals surface area contributed by atoms with E-state index in [1.165, 1.54) is 11.1 Å². The number of furan rings is 4. The summed E-state index contributed by atoms with van der Waals surface area (Å²) < 4.78 is 27.7. The largest absolute Gasteiger partial charge is 0.454 e. The summed E-state index contributed by atoms with van der Waals surface area (Å²) in [5.41, 5.74) is 14.9. The Kier molecular flexibility index (Phi) is 9.38. The molecule has 6 nitrogen and oxygen atoms in total. The lowest BCUT2D eigenvalue weighted by atomic mass is 9.86. The van der Waals surface area contributed by atoms with E-state index in [1.807, 2.05) is 0 Å². The van der Waals surface area contributed by atoms with Gasteiger partial charge in [-0.25, -0.2) is 0 Å². The van der Waals surface area contributed by atoms with Crippen molar-refractivity contribution in [1.82, 2.24) is 0 Å². The molecule has 4 aromatic heterocycles. The highest BCUT2D eigenvalue weighted by molar-refractivity contribution is 6.22. The zero-order valence-electron chi connectivity index (χ0n) is 43.2. The number of nitrogens with zero attached hydrogens (tertiary/aromatic N) is 2. The maximum absolute atomic E-state index is 6.93. The van der Waals surface area contributed by atoms with Gasteiger partial charge in [-0.1, -0.05) is 151 Å². The summed E-state index contributed by atoms with van der Waals surface area (Å²) in [6.07, 6.45) is 0. The molecule has 366 valence electrons. The van der Waals surface area contributed by atoms with Gasteiger partial charge in [0, 0.05) is 77.0 Å². The number of hydrogen-bond acceptors (Lipinski definition) is 6. The first-order chi connectivity index (χ1) is 36.9. The molecule has 76 heavy (non-hydrogen) atoms. The summed E-state index contributed by atoms with van der Waals surface area (Å²) in [5, 5.41) is 12.9. The van der Waals surface area contributed by atoms with E-state index < -0.39 is 0 Å². The second kappa shape index (κ2) is 16.1. The lowest BCUT2D eigenvalue weighted by Gasteiger charge is -2.25. The molecule has 0 spiro atoms. The fraction of sp³-hybridized carbons (Fsp3) is 0.114. The molecule has 11 aromatic carbocycles. The van der Waals surface area contributed by atoms with Gasteiger partial charge in [-0.2, -0.15) is 0 Å². The van der Waals surface area contributed by atoms with E-state index in [2.05, 4.69) is 258 Å². The van der Waals surface area contributed by atoms with Gasteiger partial charge >= 0.3 is 0 Å². The lowest BCUT2D eigenvalue weighted by molar-refractivity contribution is 0.572. The van der Waals surface area contributed by atoms with Crippen LogP contribution in [0.25, 0.3) is 109 Å². The van der Waals surface area contributed by atoms with E-state index in [9.17, 15) is 0 Å². The molecular weight excluding hydrogens is 933 g/mol. The van der Waals surface area contributed by atoms with Crippen LogP contribution in [0.15, 0.2) is 224 Å². The molecule has 15 aromatic rings. The number of hydrogen-bond donors (Lipinski definition) is 0. The Bertz CT molecular complexity index is 4540. The summed E-state index contributed by atoms with van der Waals surface area (Å²) >= 11 is 0. The third-order valence-electron chi connectivity index (χ3n) is 15.6. The molecule has 0 aliphatic rings. The van der Waals surface area contributed by atoms with Crippen LogP contribution in [0.5, 0.6) is 0 Å². The summed E-state index contributed by atoms with van der Waals surface area (Å²) in [7, 11) is 0. The smallest absolute Gasteiger partial charge is 0.178 e. The van der Waals surface area contributed by atoms with Crippen molar-refractivity contribution in [1.29, 1.82) is 0 Å². The molecule has 15 rings (SSSR count). The van der Waals surface area contributed by atoms with Crippen LogP contribution in [0.4, 0.5) is 34.1 Å². The third-order valence-corrected chi connectivity index (χ3v) is 15.6. The molecular formula is C70H52N2O4. The molecule has 0 saturated carbocycles. The SMILES string of the molecule is CC(C)(C)c1cccc2c1oc1c(N(c3ccccc3)c3ccc4cc5c(cc4c3)oc3c5ccc4c5cc6ccc(N(c7ccccc7)c7cccc8c7oc7c(C(C)(C)C)cccc78)cc6cc5oc43)cccc12. The third kappa shape index (κ3) is 6.73. The minimum absolute atomic E-state index is 0.0822. The minimum atomic E-state index is -0.0822. The molecule has 0 aliphatic carbocycles. The van der Waals surface area contributed by atoms with Gasteiger partial charge in [0.05, 0.1) is 11.4 Å². The highest BCUT2D eigenvalue weighted by Gasteiger charge is 2.27. The maximum atomic E-state index is 6.93. The highest BCUT2D eigenvalue weighted by Crippen LogP contribution is 2.48. The normalized spacial score (nSPS) is 12.6. The first-order valence-corrected chi connectivity index (χ1v) is 26.2. The first kappa shape index (κ1) is 44.2. The molecule has 0 unspecified atom stereocenters. The van der Waals surface area contributed by atoms with Gasteiger partial charge in [0.2, 0.25) is 0 Å². The van der Waals surface area contributed by atoms with E-state index in [0.717, 1.165) is 143 Å². The summed E-state index contributed by atoms with van der Waals surface area (Å²) in [6.45, 7) is 13.4. The quantitative estimate of drug-likeness (QED) is 0.165. The van der Waals surface area contributed by atoms with Gasteiger partial charge < -0.3 is 27.5 Å². The number of rotatable bonds is 6. The molecule has 0 bridgehead atoms. The molecule has 0 N–H and O–H groups in total. The van der Waals surface area contributed by atoms with Crippen molar-refractivity contribution in [3.63, 3.8) is 0 Å². The topological polar surface area (TPSA) is 59.0 Å². The number of anilines is 6. The van der Waals surface area contributed by atoms with Crippen molar-refractivity contribution in [2.45, 2.75) is 52.4 Å². The number of benzene rings is 11. The fourth-order valence-electron chi connectivity index (χ4n) is 12.0. The van der Waals surface area contributed by atoms with Crippen LogP contribution in [0.1, 0.15) is 52.7 Å². The van der Waals surface area contributed by atoms with E-state index in [-0.39, 0.29) is 10.8 Å². The average molecular weight is 985 g/mol. The zero-order valence-corrected chi connectivity index (χ0v) is 43.2. The van der Waals surface area contributed by atoms with Gasteiger partial charge in [0.25, 0.3) is 0 Å². The summed E-state index contributed by atoms with van der Waals surface area (Å²) in [4.78, 5) is 4.61. The molecule has 0 radical (unpaired) electrons. The Labute approximate surface area is 438 Å². The van der Waals surface area contributed by atoms with Crippen LogP contribution in [0.2, 0.25) is 0 Å². The highest BCUT2D eigenvalue weighted by atomic mass is 16.4. The second-order valence-corrected chi connectivity index (χ2v) is 22.5. The predicted octanol–water partition coefficient (Wildman–Crippen LogP) is 21.1. The standard InChI is InChI=1S/C70H52N2O4/c1-69(2,3)57-25-13-21-49-51-23-15-27-59(65(51)75-63(49)57)71(45-17-9-7-10-18-45)47-31-29-41-37-55-53-33-34-54-56-38-42-30-32-48(36-44(42)40-62(56)74-68(54)67(53)73-61(55)39-43(41)35-47)72(46-19-11-8-12-20-46)60-28-16-24-52-50-22-14-26-58(70(4,5)6)64(50)76-66(52)60/h7-40H,1-6H3. The van der Waals surface area contributed by atoms with Crippen LogP contribution in [0, 0.1) is 0 Å². The zero-order chi connectivity index (χ0) is 51.2. The van der Waals surface area contributed by atoms with Gasteiger partial charge in [-0.05, 0) is 129 Å². The number of fused-ring (bicyclic) bond motifs is 15. The van der Waals surface area contributed by atoms with E-state index >= 15 is 0 Å². The summed E-state index contributed by atoms with van der Waals surface area (Å²) in [6, 6.07) is 73.6. The van der Waals surface area contributed by atoms with Gasteiger partial charge in [0.1, 0.15) is 22.3 Å². The lowest BCUT2D eigenvalue weighted by Crippen LogP contribution is -2.11. The van der Waals surface area contributed by atoms with Crippen LogP contribution in [-0.4, -0.2) is 0 Å². The van der Waals surface area contributed by atoms with Crippen molar-refractivity contribution in [2.75, 3.05) is 9.80 Å². The Morgan fingerprint density at radius 3 is 1.05 bits per heavy atom. The molecule has 0 fully saturated rings. The van der Waals surface area contributed by atoms with Gasteiger partial charge in [-0.15, -0.1) is 0 Å². The van der Waals surface area contributed by atoms with Crippen molar-refractivity contribution in [3.8, 4) is 0 Å². The molecule has 0 atom stereocenters. The van der Waals surface area contributed by atoms with Crippen molar-refractivity contribution >= 4 is 143 Å². The molecule has 0 amide bonds. The van der Waals surface area contributed by atoms with Crippen LogP contribution >= 0.6 is 0 Å². The van der Waals surface area contributed by atoms with Crippen molar-refractivity contribution in [2.24, 2.45) is 0 Å². The second-order valence-electron chi connectivity index (χ2n) is 22.5. The summed E-state index contributed by atoms with van der Waals surface area (Å²) in [5.74, 6) is 0. The Morgan fingerprint density at radius 1 is 0.263 bits per heavy atom. The van der Waals surface area contributed by atoms with Crippen LogP contribution in [0.3, 0.4) is 0 Å². The Hall–Kier alpha value is -9.26. The van der Waals surface area contributed by atoms with Crippen LogP contribution < -0.4 is 9.80 Å². The molecule has 4 heterocycles. The average Bonchev–Trinajstić information content (AvgIpc) is 4.32. The predicted molar refractivity (Wildman–Crippen MR) is 317 cm³/mol. The fourth-order valence-corrected chi connectivity index (χ4v) is 12.0. The van der Waals surface area contributed by atoms with Gasteiger partial charge in [-0.3, -0.25) is 0 Å². The van der Waals surface area contributed by atoms with Crippen molar-refractivity contribution < 1.29 is 17.7 Å². The number of para-hydroxylation sites is 6. The van der Waals surface area contributed by atoms with E-state index in [4.69, 9.17) is 17.7 Å². The van der Waals surface area contributed by atoms with Crippen LogP contribution in [-0.2, 0) is 10.8 Å². The monoisotopic (exact) mass is 984 g/mol. The Balaban J connectivity index is 0.846. The van der Waals surface area contributed by atoms with Gasteiger partial charge in [0.15, 0.2) is 22.3 Å². The minimum Gasteiger partial charge on any atom is -0.454 e. The van der Waals surface area contributed by atoms with E-state index in [0.29, 0.717) is 0 Å². The first-order valence-electron chi connectivity index (χ1n) is 26.2. The molecule has 0 aliphatic heterocycles. The molecule has 6 heteroatoms.